The minimum absolute atomic E-state index is 0. The van der Waals surface area contributed by atoms with Crippen LogP contribution in [-0.4, -0.2) is 138 Å². The van der Waals surface area contributed by atoms with Crippen molar-refractivity contribution in [3.05, 3.63) is 72.1 Å². The standard InChI is InChI=1S/C58H84N2O15.BrH/c1-35-17-12-11-13-18-36(2)48(70-8)31-44-23-21-41(7)58(69,75-44)55(66)56(67)60-26-15-14-20-45(60)57(68)74-49(32-46(62)37(3)28-40(6)53(65)54(72-10)52(64)39(5)27-35)38(4)29-42-22-24-47(50(30-42)71-9)73-51(63)34-59-25-16-19-43(61)33-59;/h11-13,16-19,25,28,33,35,37-39,41-42,44-45,47-50,53-54,65,69H,14-15,20-24,26-27,29-32,34H2,1-10H3;1H/b13-11+,17-12+,36-18+,40-28+;/t35-,37-,38-,39-,41-,42+,44+,45+,47-,48+,49+,50-,53-,54+,58-;/m1./s1. The second-order valence-electron chi connectivity index (χ2n) is 21.8. The minimum atomic E-state index is -2.46. The van der Waals surface area contributed by atoms with Crippen LogP contribution < -0.4 is 21.5 Å². The number of cyclic esters (lactones) is 1. The van der Waals surface area contributed by atoms with Crippen molar-refractivity contribution in [1.29, 1.82) is 0 Å². The molecule has 3 fully saturated rings. The first-order valence-electron chi connectivity index (χ1n) is 27.0. The molecule has 0 unspecified atom stereocenters. The van der Waals surface area contributed by atoms with Gasteiger partial charge in [0.2, 0.25) is 18.5 Å². The molecule has 0 aromatic carbocycles. The number of hydrogen-bond acceptors (Lipinski definition) is 15. The molecule has 4 aliphatic rings. The molecule has 18 heteroatoms. The molecule has 5 rings (SSSR count). The van der Waals surface area contributed by atoms with E-state index in [0.29, 0.717) is 69.8 Å². The van der Waals surface area contributed by atoms with E-state index in [1.165, 1.54) is 28.8 Å². The summed E-state index contributed by atoms with van der Waals surface area (Å²) >= 11 is 0. The van der Waals surface area contributed by atoms with Gasteiger partial charge >= 0.3 is 11.9 Å². The van der Waals surface area contributed by atoms with E-state index in [1.807, 2.05) is 51.2 Å². The lowest BCUT2D eigenvalue weighted by molar-refractivity contribution is -0.686. The summed E-state index contributed by atoms with van der Waals surface area (Å²) in [5.74, 6) is -8.92. The maximum absolute atomic E-state index is 14.6. The Balaban J connectivity index is 0.0000125. The summed E-state index contributed by atoms with van der Waals surface area (Å²) in [7, 11) is 4.49. The highest BCUT2D eigenvalue weighted by Crippen LogP contribution is 2.38. The zero-order valence-corrected chi connectivity index (χ0v) is 47.9. The number of Topliss-reactive ketones (excluding diaryl/α,β-unsaturated/α-hetero) is 3. The van der Waals surface area contributed by atoms with E-state index in [1.54, 1.807) is 60.3 Å². The number of nitrogens with zero attached hydrogens (tertiary/aromatic N) is 2. The molecule has 17 nitrogen and oxygen atoms in total. The van der Waals surface area contributed by atoms with E-state index in [-0.39, 0.29) is 72.1 Å². The third kappa shape index (κ3) is 17.3. The van der Waals surface area contributed by atoms with Crippen LogP contribution in [0.1, 0.15) is 126 Å². The molecule has 76 heavy (non-hydrogen) atoms. The smallest absolute Gasteiger partial charge is 0.373 e. The van der Waals surface area contributed by atoms with Crippen molar-refractivity contribution in [2.75, 3.05) is 27.9 Å². The summed E-state index contributed by atoms with van der Waals surface area (Å²) in [6.45, 7) is 12.5. The molecule has 3 aliphatic heterocycles. The van der Waals surface area contributed by atoms with Gasteiger partial charge in [0, 0.05) is 64.5 Å². The van der Waals surface area contributed by atoms with Gasteiger partial charge in [-0.3, -0.25) is 19.2 Å². The van der Waals surface area contributed by atoms with Gasteiger partial charge in [-0.1, -0.05) is 71.1 Å². The Bertz CT molecular complexity index is 2270. The molecule has 4 heterocycles. The SMILES string of the molecule is CO[C@H]1C[C@@H]2CC[C@@H](C)[C@@](O)(O2)C(=O)C(=O)N2CCCC[C@H]2C(=O)O[C@H]([C@H](C)C[C@@H]2CC[C@@H](OC(=O)C[n+]3cccc(O)c3)[C@H](OC)C2)CC(=O)[C@H](C)/C=C(\C)[C@@H](O)[C@@H](OC)C(=O)[C@H](C)C[C@H](C)/C=C/C=C/C=C/1C.[Br-]. The van der Waals surface area contributed by atoms with Gasteiger partial charge in [-0.25, -0.2) is 9.59 Å². The zero-order valence-electron chi connectivity index (χ0n) is 46.3. The van der Waals surface area contributed by atoms with Crippen molar-refractivity contribution in [1.82, 2.24) is 4.90 Å². The second-order valence-corrected chi connectivity index (χ2v) is 21.8. The molecule has 2 bridgehead atoms. The highest BCUT2D eigenvalue weighted by atomic mass is 79.9. The number of aromatic hydroxyl groups is 1. The van der Waals surface area contributed by atoms with Gasteiger partial charge in [0.05, 0.1) is 18.3 Å². The van der Waals surface area contributed by atoms with E-state index in [0.717, 1.165) is 5.57 Å². The number of ether oxygens (including phenoxy) is 6. The van der Waals surface area contributed by atoms with Crippen LogP contribution in [0.25, 0.3) is 0 Å². The number of piperidine rings is 1. The highest BCUT2D eigenvalue weighted by Gasteiger charge is 2.53. The van der Waals surface area contributed by atoms with Crippen molar-refractivity contribution in [3.63, 3.8) is 0 Å². The van der Waals surface area contributed by atoms with Crippen molar-refractivity contribution in [3.8, 4) is 5.75 Å². The Kier molecular flexibility index (Phi) is 25.4. The number of methoxy groups -OCH3 is 3. The first-order valence-corrected chi connectivity index (χ1v) is 27.0. The fourth-order valence-corrected chi connectivity index (χ4v) is 11.2. The average Bonchev–Trinajstić information content (AvgIpc) is 3.38. The number of aliphatic hydroxyl groups is 2. The Morgan fingerprint density at radius 2 is 1.63 bits per heavy atom. The molecule has 3 N–H and O–H groups in total. The van der Waals surface area contributed by atoms with Crippen molar-refractivity contribution in [2.24, 2.45) is 35.5 Å². The minimum Gasteiger partial charge on any atom is -1.00 e. The van der Waals surface area contributed by atoms with Crippen LogP contribution in [0.4, 0.5) is 0 Å². The summed E-state index contributed by atoms with van der Waals surface area (Å²) in [5, 5.41) is 33.4. The fraction of sp³-hybridized carbons (Fsp3) is 0.672. The van der Waals surface area contributed by atoms with Crippen LogP contribution in [0.2, 0.25) is 0 Å². The Labute approximate surface area is 460 Å². The highest BCUT2D eigenvalue weighted by molar-refractivity contribution is 6.39. The number of carbonyl (C=O) groups is 6. The monoisotopic (exact) mass is 1130 g/mol. The number of aromatic nitrogens is 1. The molecule has 1 aliphatic carbocycles. The van der Waals surface area contributed by atoms with Gasteiger partial charge in [0.1, 0.15) is 36.2 Å². The number of aliphatic hydroxyl groups excluding tert-OH is 1. The predicted molar refractivity (Wildman–Crippen MR) is 277 cm³/mol. The second kappa shape index (κ2) is 30.1. The van der Waals surface area contributed by atoms with Crippen LogP contribution >= 0.6 is 0 Å². The number of rotatable bonds is 9. The van der Waals surface area contributed by atoms with Gasteiger partial charge in [0.25, 0.3) is 11.7 Å². The van der Waals surface area contributed by atoms with Gasteiger partial charge in [-0.05, 0) is 113 Å². The lowest BCUT2D eigenvalue weighted by atomic mass is 9.78. The molecule has 1 amide bonds. The van der Waals surface area contributed by atoms with E-state index in [2.05, 4.69) is 0 Å². The molecule has 1 aromatic heterocycles. The molecule has 1 aromatic rings. The fourth-order valence-electron chi connectivity index (χ4n) is 11.2. The average molecular weight is 1130 g/mol. The van der Waals surface area contributed by atoms with E-state index in [4.69, 9.17) is 28.4 Å². The molecule has 15 atom stereocenters. The third-order valence-electron chi connectivity index (χ3n) is 15.9. The maximum atomic E-state index is 14.6. The topological polar surface area (TPSA) is 226 Å². The molecule has 424 valence electrons. The lowest BCUT2D eigenvalue weighted by Gasteiger charge is -2.42. The van der Waals surface area contributed by atoms with E-state index in [9.17, 15) is 44.1 Å². The number of esters is 2. The molecule has 0 radical (unpaired) electrons. The molecule has 2 saturated heterocycles. The van der Waals surface area contributed by atoms with Crippen LogP contribution in [0, 0.1) is 35.5 Å². The van der Waals surface area contributed by atoms with Crippen LogP contribution in [-0.2, 0) is 63.7 Å². The van der Waals surface area contributed by atoms with Gasteiger partial charge in [-0.15, -0.1) is 0 Å². The number of fused-ring (bicyclic) bond motifs is 3. The molecule has 1 saturated carbocycles. The first-order chi connectivity index (χ1) is 35.6. The quantitative estimate of drug-likeness (QED) is 0.139. The summed E-state index contributed by atoms with van der Waals surface area (Å²) in [4.78, 5) is 85.6. The van der Waals surface area contributed by atoms with Crippen LogP contribution in [0.3, 0.4) is 0 Å². The van der Waals surface area contributed by atoms with E-state index >= 15 is 0 Å². The van der Waals surface area contributed by atoms with Gasteiger partial charge in [0.15, 0.2) is 17.7 Å². The van der Waals surface area contributed by atoms with Crippen molar-refractivity contribution in [2.45, 2.75) is 187 Å². The molecular weight excluding hydrogens is 1040 g/mol. The van der Waals surface area contributed by atoms with Gasteiger partial charge in [-0.2, -0.15) is 4.57 Å². The molecule has 0 spiro atoms. The summed E-state index contributed by atoms with van der Waals surface area (Å²) in [5.41, 5.74) is 1.23. The third-order valence-corrected chi connectivity index (χ3v) is 15.9. The normalized spacial score (nSPS) is 36.0. The van der Waals surface area contributed by atoms with E-state index < -0.39 is 102 Å². The number of pyridine rings is 1. The Morgan fingerprint density at radius 1 is 0.895 bits per heavy atom. The number of ketones is 3. The number of allylic oxidation sites excluding steroid dienone is 6. The largest absolute Gasteiger partial charge is 1.00 e. The summed E-state index contributed by atoms with van der Waals surface area (Å²) in [6, 6.07) is 1.94. The number of amides is 1. The molecular formula is C58H85BrN2O15. The van der Waals surface area contributed by atoms with Crippen molar-refractivity contribution >= 4 is 35.2 Å². The predicted octanol–water partition coefficient (Wildman–Crippen LogP) is 3.43. The summed E-state index contributed by atoms with van der Waals surface area (Å²) in [6.07, 6.45) is 13.4. The maximum Gasteiger partial charge on any atom is 0.373 e. The number of carbonyl (C=O) groups excluding carboxylic acids is 6. The first kappa shape index (κ1) is 64.1. The summed E-state index contributed by atoms with van der Waals surface area (Å²) < 4.78 is 37.2. The van der Waals surface area contributed by atoms with Gasteiger partial charge < -0.3 is 65.6 Å². The lowest BCUT2D eigenvalue weighted by Crippen LogP contribution is -3.00. The van der Waals surface area contributed by atoms with Crippen LogP contribution in [0.15, 0.2) is 72.1 Å². The zero-order chi connectivity index (χ0) is 55.1. The van der Waals surface area contributed by atoms with Crippen molar-refractivity contribution < 1.29 is 94.1 Å². The number of hydrogen-bond donors (Lipinski definition) is 3. The number of halogens is 1. The van der Waals surface area contributed by atoms with Crippen LogP contribution in [0.5, 0.6) is 5.75 Å². The Hall–Kier alpha value is -4.43. The Morgan fingerprint density at radius 3 is 2.32 bits per heavy atom.